The molecule has 0 saturated carbocycles. The number of aliphatic hydroxyl groups excluding tert-OH is 3. The summed E-state index contributed by atoms with van der Waals surface area (Å²) in [6.45, 7) is 1.40. The van der Waals surface area contributed by atoms with E-state index in [0.29, 0.717) is 0 Å². The van der Waals surface area contributed by atoms with E-state index < -0.39 is 29.6 Å². The average Bonchev–Trinajstić information content (AvgIpc) is 2.17. The zero-order chi connectivity index (χ0) is 8.59. The summed E-state index contributed by atoms with van der Waals surface area (Å²) in [5, 5.41) is 28.9. The van der Waals surface area contributed by atoms with Crippen LogP contribution >= 0.6 is 0 Å². The Hall–Kier alpha value is -1.23. The molecule has 0 aliphatic carbocycles. The van der Waals surface area contributed by atoms with Crippen molar-refractivity contribution >= 4 is 5.91 Å². The summed E-state index contributed by atoms with van der Waals surface area (Å²) in [4.78, 5) is 10.6. The van der Waals surface area contributed by atoms with Gasteiger partial charge in [0.1, 0.15) is 6.04 Å². The molecule has 11 heavy (non-hydrogen) atoms. The van der Waals surface area contributed by atoms with Crippen molar-refractivity contribution in [3.05, 3.63) is 11.5 Å². The predicted molar refractivity (Wildman–Crippen MR) is 35.9 cm³/mol. The summed E-state index contributed by atoms with van der Waals surface area (Å²) in [7, 11) is 0. The van der Waals surface area contributed by atoms with Crippen molar-refractivity contribution in [2.45, 2.75) is 19.1 Å². The Morgan fingerprint density at radius 3 is 2.27 bits per heavy atom. The summed E-state index contributed by atoms with van der Waals surface area (Å²) in [6, 6.07) is -0.873. The van der Waals surface area contributed by atoms with Crippen molar-refractivity contribution in [2.75, 3.05) is 0 Å². The predicted octanol–water partition coefficient (Wildman–Crippen LogP) is -0.807. The summed E-state index contributed by atoms with van der Waals surface area (Å²) in [5.41, 5.74) is 0. The Kier molecular flexibility index (Phi) is 1.74. The number of hydrogen-bond donors (Lipinski definition) is 4. The smallest absolute Gasteiger partial charge is 0.290 e. The van der Waals surface area contributed by atoms with Gasteiger partial charge in [-0.2, -0.15) is 0 Å². The fraction of sp³-hybridized carbons (Fsp3) is 0.500. The normalized spacial score (nSPS) is 27.1. The van der Waals surface area contributed by atoms with Gasteiger partial charge in [0.25, 0.3) is 5.91 Å². The van der Waals surface area contributed by atoms with Crippen LogP contribution in [0.25, 0.3) is 0 Å². The minimum absolute atomic E-state index is 0.495. The molecule has 2 unspecified atom stereocenters. The van der Waals surface area contributed by atoms with Crippen molar-refractivity contribution in [1.29, 1.82) is 0 Å². The highest BCUT2D eigenvalue weighted by Crippen LogP contribution is 2.14. The van der Waals surface area contributed by atoms with E-state index in [4.69, 9.17) is 15.3 Å². The monoisotopic (exact) mass is 159 g/mol. The molecule has 5 nitrogen and oxygen atoms in total. The molecule has 1 rings (SSSR count). The van der Waals surface area contributed by atoms with E-state index in [1.165, 1.54) is 6.92 Å². The van der Waals surface area contributed by atoms with Crippen LogP contribution in [-0.4, -0.2) is 33.4 Å². The van der Waals surface area contributed by atoms with Crippen LogP contribution in [0.5, 0.6) is 0 Å². The molecule has 62 valence electrons. The molecule has 5 heteroatoms. The van der Waals surface area contributed by atoms with Crippen molar-refractivity contribution in [3.63, 3.8) is 0 Å². The van der Waals surface area contributed by atoms with Gasteiger partial charge in [0.2, 0.25) is 5.76 Å². The van der Waals surface area contributed by atoms with Crippen LogP contribution in [0, 0.1) is 0 Å². The van der Waals surface area contributed by atoms with E-state index in [-0.39, 0.29) is 0 Å². The molecule has 0 saturated heterocycles. The number of rotatable bonds is 1. The number of nitrogens with one attached hydrogen (secondary N) is 1. The first kappa shape index (κ1) is 7.87. The van der Waals surface area contributed by atoms with E-state index in [1.54, 1.807) is 0 Å². The van der Waals surface area contributed by atoms with Crippen LogP contribution in [0.2, 0.25) is 0 Å². The minimum atomic E-state index is -0.913. The molecule has 0 bridgehead atoms. The van der Waals surface area contributed by atoms with Gasteiger partial charge < -0.3 is 20.6 Å². The van der Waals surface area contributed by atoms with Crippen LogP contribution in [0.1, 0.15) is 6.92 Å². The third-order valence-corrected chi connectivity index (χ3v) is 1.52. The molecule has 0 aromatic heterocycles. The van der Waals surface area contributed by atoms with Crippen molar-refractivity contribution in [2.24, 2.45) is 0 Å². The average molecular weight is 159 g/mol. The zero-order valence-electron chi connectivity index (χ0n) is 5.90. The van der Waals surface area contributed by atoms with Crippen LogP contribution in [-0.2, 0) is 4.79 Å². The maximum Gasteiger partial charge on any atom is 0.290 e. The lowest BCUT2D eigenvalue weighted by Gasteiger charge is -2.12. The quantitative estimate of drug-likeness (QED) is 0.403. The third kappa shape index (κ3) is 1.14. The molecule has 0 fully saturated rings. The van der Waals surface area contributed by atoms with E-state index in [2.05, 4.69) is 5.32 Å². The molecule has 1 aliphatic rings. The lowest BCUT2D eigenvalue weighted by atomic mass is 10.2. The Morgan fingerprint density at radius 1 is 1.55 bits per heavy atom. The topological polar surface area (TPSA) is 89.8 Å². The van der Waals surface area contributed by atoms with E-state index in [9.17, 15) is 4.79 Å². The molecule has 0 aromatic rings. The third-order valence-electron chi connectivity index (χ3n) is 1.52. The van der Waals surface area contributed by atoms with Gasteiger partial charge in [-0.3, -0.25) is 4.79 Å². The second kappa shape index (κ2) is 2.43. The summed E-state index contributed by atoms with van der Waals surface area (Å²) < 4.78 is 0. The van der Waals surface area contributed by atoms with Crippen LogP contribution in [0.15, 0.2) is 11.5 Å². The lowest BCUT2D eigenvalue weighted by molar-refractivity contribution is -0.119. The van der Waals surface area contributed by atoms with Crippen LogP contribution in [0.3, 0.4) is 0 Å². The van der Waals surface area contributed by atoms with E-state index >= 15 is 0 Å². The number of hydrogen-bond acceptors (Lipinski definition) is 4. The van der Waals surface area contributed by atoms with Gasteiger partial charge in [0, 0.05) is 0 Å². The molecule has 1 heterocycles. The van der Waals surface area contributed by atoms with Gasteiger partial charge in [0.15, 0.2) is 5.76 Å². The van der Waals surface area contributed by atoms with Gasteiger partial charge in [-0.05, 0) is 6.92 Å². The molecule has 0 radical (unpaired) electrons. The Labute approximate surface area is 63.0 Å². The van der Waals surface area contributed by atoms with Gasteiger partial charge in [-0.15, -0.1) is 0 Å². The van der Waals surface area contributed by atoms with Crippen molar-refractivity contribution in [1.82, 2.24) is 5.32 Å². The number of aliphatic hydroxyl groups is 3. The Bertz CT molecular complexity index is 221. The number of amides is 1. The van der Waals surface area contributed by atoms with Crippen molar-refractivity contribution < 1.29 is 20.1 Å². The number of carbonyl (C=O) groups is 1. The minimum Gasteiger partial charge on any atom is -0.506 e. The van der Waals surface area contributed by atoms with Gasteiger partial charge in [-0.1, -0.05) is 0 Å². The Balaban J connectivity index is 2.86. The highest BCUT2D eigenvalue weighted by molar-refractivity contribution is 5.94. The maximum atomic E-state index is 10.6. The zero-order valence-corrected chi connectivity index (χ0v) is 5.90. The molecular weight excluding hydrogens is 150 g/mol. The van der Waals surface area contributed by atoms with E-state index in [1.807, 2.05) is 0 Å². The molecule has 2 atom stereocenters. The molecule has 0 spiro atoms. The van der Waals surface area contributed by atoms with Gasteiger partial charge in [0.05, 0.1) is 6.10 Å². The van der Waals surface area contributed by atoms with Crippen LogP contribution < -0.4 is 5.32 Å². The summed E-state index contributed by atoms with van der Waals surface area (Å²) in [5.74, 6) is -1.96. The highest BCUT2D eigenvalue weighted by atomic mass is 16.3. The van der Waals surface area contributed by atoms with Crippen LogP contribution in [0.4, 0.5) is 0 Å². The first-order valence-electron chi connectivity index (χ1n) is 3.15. The van der Waals surface area contributed by atoms with Gasteiger partial charge in [-0.25, -0.2) is 0 Å². The second-order valence-corrected chi connectivity index (χ2v) is 2.43. The van der Waals surface area contributed by atoms with Crippen molar-refractivity contribution in [3.8, 4) is 0 Å². The largest absolute Gasteiger partial charge is 0.506 e. The van der Waals surface area contributed by atoms with Gasteiger partial charge >= 0.3 is 0 Å². The molecule has 1 amide bonds. The molecule has 0 aromatic carbocycles. The molecule has 1 aliphatic heterocycles. The first-order valence-corrected chi connectivity index (χ1v) is 3.15. The SMILES string of the molecule is CC(O)C1NC(=O)C(O)=C1O. The summed E-state index contributed by atoms with van der Waals surface area (Å²) >= 11 is 0. The molecular formula is C6H9NO4. The second-order valence-electron chi connectivity index (χ2n) is 2.43. The standard InChI is InChI=1S/C6H9NO4/c1-2(8)3-4(9)5(10)6(11)7-3/h2-3,8-10H,1H3,(H,7,11). The summed E-state index contributed by atoms with van der Waals surface area (Å²) in [6.07, 6.45) is -0.913. The highest BCUT2D eigenvalue weighted by Gasteiger charge is 2.34. The molecule has 4 N–H and O–H groups in total. The van der Waals surface area contributed by atoms with E-state index in [0.717, 1.165) is 0 Å². The number of carbonyl (C=O) groups excluding carboxylic acids is 1. The Morgan fingerprint density at radius 2 is 2.09 bits per heavy atom. The fourth-order valence-corrected chi connectivity index (χ4v) is 0.891. The fourth-order valence-electron chi connectivity index (χ4n) is 0.891. The maximum absolute atomic E-state index is 10.6. The lowest BCUT2D eigenvalue weighted by Crippen LogP contribution is -2.37. The first-order chi connectivity index (χ1) is 5.04.